The minimum atomic E-state index is -0.391. The first kappa shape index (κ1) is 17.0. The first-order valence-electron chi connectivity index (χ1n) is 7.34. The van der Waals surface area contributed by atoms with E-state index in [1.807, 2.05) is 0 Å². The molecule has 0 radical (unpaired) electrons. The van der Waals surface area contributed by atoms with E-state index >= 15 is 0 Å². The largest absolute Gasteiger partial charge is 0.503 e. The van der Waals surface area contributed by atoms with E-state index in [1.165, 1.54) is 42.5 Å². The number of methoxy groups -OCH3 is 1. The number of carbonyl (C=O) groups is 1. The van der Waals surface area contributed by atoms with Gasteiger partial charge < -0.3 is 9.84 Å². The fraction of sp³-hybridized carbons (Fsp3) is 0.111. The zero-order valence-corrected chi connectivity index (χ0v) is 14.2. The van der Waals surface area contributed by atoms with Crippen LogP contribution in [0.3, 0.4) is 0 Å². The number of carbonyl (C=O) groups excluding carboxylic acids is 1. The van der Waals surface area contributed by atoms with Gasteiger partial charge in [-0.25, -0.2) is 4.39 Å². The van der Waals surface area contributed by atoms with Crippen molar-refractivity contribution in [3.8, 4) is 11.5 Å². The van der Waals surface area contributed by atoms with Crippen molar-refractivity contribution >= 4 is 35.0 Å². The van der Waals surface area contributed by atoms with Crippen molar-refractivity contribution in [2.45, 2.75) is 6.92 Å². The van der Waals surface area contributed by atoms with Gasteiger partial charge in [-0.3, -0.25) is 4.79 Å². The van der Waals surface area contributed by atoms with Crippen LogP contribution in [0.1, 0.15) is 12.5 Å². The number of halogens is 2. The Hall–Kier alpha value is -2.86. The molecule has 0 aromatic heterocycles. The maximum Gasteiger partial charge on any atom is 0.280 e. The Morgan fingerprint density at radius 3 is 2.60 bits per heavy atom. The van der Waals surface area contributed by atoms with Crippen molar-refractivity contribution in [1.82, 2.24) is 0 Å². The Labute approximate surface area is 148 Å². The second-order valence-electron chi connectivity index (χ2n) is 5.39. The number of anilines is 1. The Morgan fingerprint density at radius 2 is 1.96 bits per heavy atom. The van der Waals surface area contributed by atoms with Crippen LogP contribution in [0, 0.1) is 5.82 Å². The number of ether oxygens (including phenoxy) is 1. The van der Waals surface area contributed by atoms with Crippen molar-refractivity contribution in [3.05, 3.63) is 58.4 Å². The van der Waals surface area contributed by atoms with Crippen LogP contribution in [0.15, 0.2) is 47.1 Å². The summed E-state index contributed by atoms with van der Waals surface area (Å²) in [6.45, 7) is 1.70. The van der Waals surface area contributed by atoms with E-state index in [0.717, 1.165) is 0 Å². The standard InChI is InChI=1S/C18H14ClFN2O3/c1-10-14(7-11-8-15(19)17(23)16(9-11)25-2)18(24)22(21-10)13-5-3-12(20)4-6-13/h3-9,23H,1-2H3/b14-7+. The second kappa shape index (κ2) is 6.57. The first-order valence-corrected chi connectivity index (χ1v) is 7.72. The lowest BCUT2D eigenvalue weighted by molar-refractivity contribution is -0.114. The topological polar surface area (TPSA) is 62.1 Å². The normalized spacial score (nSPS) is 15.7. The van der Waals surface area contributed by atoms with E-state index in [9.17, 15) is 14.3 Å². The van der Waals surface area contributed by atoms with Gasteiger partial charge in [0.15, 0.2) is 11.5 Å². The van der Waals surface area contributed by atoms with E-state index < -0.39 is 5.82 Å². The maximum absolute atomic E-state index is 13.1. The predicted molar refractivity (Wildman–Crippen MR) is 94.6 cm³/mol. The van der Waals surface area contributed by atoms with Gasteiger partial charge in [0.25, 0.3) is 5.91 Å². The van der Waals surface area contributed by atoms with Crippen molar-refractivity contribution < 1.29 is 19.0 Å². The van der Waals surface area contributed by atoms with Gasteiger partial charge in [-0.2, -0.15) is 10.1 Å². The van der Waals surface area contributed by atoms with Crippen LogP contribution in [0.4, 0.5) is 10.1 Å². The monoisotopic (exact) mass is 360 g/mol. The van der Waals surface area contributed by atoms with Crippen LogP contribution >= 0.6 is 11.6 Å². The van der Waals surface area contributed by atoms with E-state index in [-0.39, 0.29) is 22.4 Å². The maximum atomic E-state index is 13.1. The third kappa shape index (κ3) is 3.21. The molecule has 3 rings (SSSR count). The van der Waals surface area contributed by atoms with Crippen molar-refractivity contribution in [2.24, 2.45) is 5.10 Å². The highest BCUT2D eigenvalue weighted by Crippen LogP contribution is 2.36. The fourth-order valence-corrected chi connectivity index (χ4v) is 2.66. The smallest absolute Gasteiger partial charge is 0.280 e. The van der Waals surface area contributed by atoms with E-state index in [4.69, 9.17) is 16.3 Å². The highest BCUT2D eigenvalue weighted by atomic mass is 35.5. The van der Waals surface area contributed by atoms with E-state index in [2.05, 4.69) is 5.10 Å². The predicted octanol–water partition coefficient (Wildman–Crippen LogP) is 4.00. The van der Waals surface area contributed by atoms with Crippen LogP contribution in [-0.4, -0.2) is 23.8 Å². The minimum Gasteiger partial charge on any atom is -0.503 e. The molecule has 1 amide bonds. The van der Waals surface area contributed by atoms with Gasteiger partial charge in [0.2, 0.25) is 0 Å². The number of aromatic hydroxyl groups is 1. The second-order valence-corrected chi connectivity index (χ2v) is 5.80. The molecule has 7 heteroatoms. The molecule has 1 aliphatic heterocycles. The summed E-state index contributed by atoms with van der Waals surface area (Å²) in [5, 5.41) is 15.3. The Kier molecular flexibility index (Phi) is 4.46. The molecule has 1 aliphatic rings. The molecule has 25 heavy (non-hydrogen) atoms. The van der Waals surface area contributed by atoms with Gasteiger partial charge in [0, 0.05) is 0 Å². The summed E-state index contributed by atoms with van der Waals surface area (Å²) in [5.41, 5.74) is 1.93. The highest BCUT2D eigenvalue weighted by Gasteiger charge is 2.28. The van der Waals surface area contributed by atoms with Crippen LogP contribution in [-0.2, 0) is 4.79 Å². The Balaban J connectivity index is 1.97. The molecule has 2 aromatic rings. The highest BCUT2D eigenvalue weighted by molar-refractivity contribution is 6.33. The molecule has 0 unspecified atom stereocenters. The average Bonchev–Trinajstić information content (AvgIpc) is 2.86. The van der Waals surface area contributed by atoms with Gasteiger partial charge in [-0.1, -0.05) is 11.6 Å². The summed E-state index contributed by atoms with van der Waals surface area (Å²) in [6, 6.07) is 8.57. The van der Waals surface area contributed by atoms with Crippen LogP contribution < -0.4 is 9.75 Å². The number of rotatable bonds is 3. The van der Waals surface area contributed by atoms with E-state index in [0.29, 0.717) is 22.5 Å². The minimum absolute atomic E-state index is 0.113. The molecule has 0 atom stereocenters. The zero-order valence-electron chi connectivity index (χ0n) is 13.5. The van der Waals surface area contributed by atoms with Gasteiger partial charge >= 0.3 is 0 Å². The number of phenols is 1. The Bertz CT molecular complexity index is 907. The summed E-state index contributed by atoms with van der Waals surface area (Å²) in [4.78, 5) is 12.6. The molecule has 1 heterocycles. The fourth-order valence-electron chi connectivity index (χ4n) is 2.44. The molecule has 0 bridgehead atoms. The first-order chi connectivity index (χ1) is 11.9. The number of hydrogen-bond acceptors (Lipinski definition) is 4. The summed E-state index contributed by atoms with van der Waals surface area (Å²) in [5.74, 6) is -0.692. The lowest BCUT2D eigenvalue weighted by Crippen LogP contribution is -2.21. The molecule has 0 spiro atoms. The lowest BCUT2D eigenvalue weighted by Gasteiger charge is -2.11. The molecule has 2 aromatic carbocycles. The van der Waals surface area contributed by atoms with Crippen molar-refractivity contribution in [3.63, 3.8) is 0 Å². The van der Waals surface area contributed by atoms with Crippen molar-refractivity contribution in [1.29, 1.82) is 0 Å². The summed E-state index contributed by atoms with van der Waals surface area (Å²) in [7, 11) is 1.41. The molecule has 5 nitrogen and oxygen atoms in total. The summed E-state index contributed by atoms with van der Waals surface area (Å²) in [6.07, 6.45) is 1.61. The van der Waals surface area contributed by atoms with Gasteiger partial charge in [0.05, 0.1) is 29.1 Å². The molecule has 0 saturated heterocycles. The third-order valence-corrected chi connectivity index (χ3v) is 4.00. The zero-order chi connectivity index (χ0) is 18.1. The van der Waals surface area contributed by atoms with Gasteiger partial charge in [-0.05, 0) is 55.0 Å². The number of hydrazone groups is 1. The Morgan fingerprint density at radius 1 is 1.28 bits per heavy atom. The van der Waals surface area contributed by atoms with Crippen LogP contribution in [0.2, 0.25) is 5.02 Å². The quantitative estimate of drug-likeness (QED) is 0.841. The molecular weight excluding hydrogens is 347 g/mol. The number of phenolic OH excluding ortho intramolecular Hbond substituents is 1. The van der Waals surface area contributed by atoms with E-state index in [1.54, 1.807) is 19.1 Å². The van der Waals surface area contributed by atoms with Crippen molar-refractivity contribution in [2.75, 3.05) is 12.1 Å². The van der Waals surface area contributed by atoms with Gasteiger partial charge in [-0.15, -0.1) is 0 Å². The molecular formula is C18H14ClFN2O3. The number of hydrogen-bond donors (Lipinski definition) is 1. The van der Waals surface area contributed by atoms with Crippen LogP contribution in [0.5, 0.6) is 11.5 Å². The SMILES string of the molecule is COc1cc(/C=C2/C(=O)N(c3ccc(F)cc3)N=C2C)cc(Cl)c1O. The summed E-state index contributed by atoms with van der Waals surface area (Å²) >= 11 is 5.97. The molecule has 0 fully saturated rings. The number of amides is 1. The third-order valence-electron chi connectivity index (χ3n) is 3.72. The summed E-state index contributed by atoms with van der Waals surface area (Å²) < 4.78 is 18.1. The van der Waals surface area contributed by atoms with Gasteiger partial charge in [0.1, 0.15) is 5.82 Å². The molecule has 1 N–H and O–H groups in total. The molecule has 0 aliphatic carbocycles. The lowest BCUT2D eigenvalue weighted by atomic mass is 10.1. The average molecular weight is 361 g/mol. The number of nitrogens with zero attached hydrogens (tertiary/aromatic N) is 2. The molecule has 128 valence electrons. The molecule has 0 saturated carbocycles. The number of benzene rings is 2. The van der Waals surface area contributed by atoms with Crippen LogP contribution in [0.25, 0.3) is 6.08 Å².